The van der Waals surface area contributed by atoms with Gasteiger partial charge in [-0.25, -0.2) is 13.4 Å². The van der Waals surface area contributed by atoms with Crippen molar-refractivity contribution in [1.29, 1.82) is 0 Å². The molecule has 7 nitrogen and oxygen atoms in total. The highest BCUT2D eigenvalue weighted by atomic mass is 32.2. The van der Waals surface area contributed by atoms with Crippen LogP contribution in [0.25, 0.3) is 0 Å². The predicted molar refractivity (Wildman–Crippen MR) is 70.8 cm³/mol. The number of nitrogens with zero attached hydrogens (tertiary/aromatic N) is 2. The molecule has 1 fully saturated rings. The lowest BCUT2D eigenvalue weighted by Gasteiger charge is -2.31. The third kappa shape index (κ3) is 2.86. The predicted octanol–water partition coefficient (Wildman–Crippen LogP) is 0.167. The molecule has 1 aliphatic heterocycles. The van der Waals surface area contributed by atoms with E-state index in [9.17, 15) is 8.42 Å². The van der Waals surface area contributed by atoms with E-state index in [0.29, 0.717) is 18.8 Å². The van der Waals surface area contributed by atoms with Gasteiger partial charge in [-0.05, 0) is 25.0 Å². The first-order chi connectivity index (χ1) is 9.09. The van der Waals surface area contributed by atoms with E-state index in [4.69, 9.17) is 10.6 Å². The Labute approximate surface area is 112 Å². The summed E-state index contributed by atoms with van der Waals surface area (Å²) in [4.78, 5) is 3.93. The fourth-order valence-electron chi connectivity index (χ4n) is 2.14. The molecule has 3 N–H and O–H groups in total. The van der Waals surface area contributed by atoms with Crippen LogP contribution < -0.4 is 11.3 Å². The van der Waals surface area contributed by atoms with Gasteiger partial charge >= 0.3 is 0 Å². The second-order valence-electron chi connectivity index (χ2n) is 4.36. The van der Waals surface area contributed by atoms with Crippen molar-refractivity contribution in [2.24, 2.45) is 5.84 Å². The van der Waals surface area contributed by atoms with Crippen molar-refractivity contribution in [2.45, 2.75) is 24.0 Å². The van der Waals surface area contributed by atoms with Crippen LogP contribution in [0.4, 0.5) is 5.69 Å². The number of nitrogens with one attached hydrogen (secondary N) is 1. The van der Waals surface area contributed by atoms with Gasteiger partial charge in [0.15, 0.2) is 5.03 Å². The number of hydrogen-bond donors (Lipinski definition) is 2. The summed E-state index contributed by atoms with van der Waals surface area (Å²) in [6.07, 6.45) is 3.01. The molecule has 1 aliphatic rings. The van der Waals surface area contributed by atoms with Crippen LogP contribution in [0.15, 0.2) is 23.4 Å². The molecule has 2 heterocycles. The monoisotopic (exact) mass is 286 g/mol. The lowest BCUT2D eigenvalue weighted by Crippen LogP contribution is -2.43. The number of methoxy groups -OCH3 is 1. The van der Waals surface area contributed by atoms with Crippen molar-refractivity contribution in [1.82, 2.24) is 9.29 Å². The van der Waals surface area contributed by atoms with Crippen molar-refractivity contribution < 1.29 is 13.2 Å². The van der Waals surface area contributed by atoms with Crippen molar-refractivity contribution in [3.8, 4) is 0 Å². The van der Waals surface area contributed by atoms with Crippen LogP contribution in [0.2, 0.25) is 0 Å². The summed E-state index contributed by atoms with van der Waals surface area (Å²) in [5.74, 6) is 5.33. The van der Waals surface area contributed by atoms with E-state index in [-0.39, 0.29) is 11.1 Å². The van der Waals surface area contributed by atoms with Crippen molar-refractivity contribution >= 4 is 15.7 Å². The largest absolute Gasteiger partial charge is 0.380 e. The zero-order chi connectivity index (χ0) is 13.9. The quantitative estimate of drug-likeness (QED) is 0.605. The molecular formula is C11H18N4O3S. The summed E-state index contributed by atoms with van der Waals surface area (Å²) in [6, 6.07) is 3.21. The maximum atomic E-state index is 12.5. The first kappa shape index (κ1) is 14.2. The zero-order valence-electron chi connectivity index (χ0n) is 10.7. The minimum atomic E-state index is -3.65. The van der Waals surface area contributed by atoms with Crippen molar-refractivity contribution in [2.75, 3.05) is 25.6 Å². The highest BCUT2D eigenvalue weighted by molar-refractivity contribution is 7.89. The van der Waals surface area contributed by atoms with Gasteiger partial charge in [-0.15, -0.1) is 0 Å². The van der Waals surface area contributed by atoms with E-state index < -0.39 is 10.0 Å². The van der Waals surface area contributed by atoms with Gasteiger partial charge < -0.3 is 10.2 Å². The third-order valence-electron chi connectivity index (χ3n) is 3.19. The molecule has 0 radical (unpaired) electrons. The molecule has 2 rings (SSSR count). The lowest BCUT2D eigenvalue weighted by molar-refractivity contribution is 0.0571. The molecule has 0 bridgehead atoms. The number of sulfonamides is 1. The Hall–Kier alpha value is -1.22. The van der Waals surface area contributed by atoms with Crippen LogP contribution in [-0.2, 0) is 14.8 Å². The molecule has 0 spiro atoms. The molecule has 106 valence electrons. The van der Waals surface area contributed by atoms with Gasteiger partial charge in [-0.2, -0.15) is 4.31 Å². The molecule has 8 heteroatoms. The zero-order valence-corrected chi connectivity index (χ0v) is 11.6. The molecular weight excluding hydrogens is 268 g/mol. The average Bonchev–Trinajstić information content (AvgIpc) is 2.47. The number of hydrazine groups is 1. The van der Waals surface area contributed by atoms with E-state index in [1.165, 1.54) is 10.5 Å². The van der Waals surface area contributed by atoms with Gasteiger partial charge in [0.05, 0.1) is 11.8 Å². The van der Waals surface area contributed by atoms with E-state index in [0.717, 1.165) is 12.8 Å². The van der Waals surface area contributed by atoms with E-state index >= 15 is 0 Å². The van der Waals surface area contributed by atoms with Gasteiger partial charge in [0.2, 0.25) is 0 Å². The van der Waals surface area contributed by atoms with E-state index in [1.807, 2.05) is 0 Å². The van der Waals surface area contributed by atoms with Crippen LogP contribution >= 0.6 is 0 Å². The summed E-state index contributed by atoms with van der Waals surface area (Å²) in [5, 5.41) is -0.0470. The molecule has 19 heavy (non-hydrogen) atoms. The van der Waals surface area contributed by atoms with Crippen LogP contribution in [0.5, 0.6) is 0 Å². The maximum Gasteiger partial charge on any atom is 0.262 e. The summed E-state index contributed by atoms with van der Waals surface area (Å²) in [6.45, 7) is 0.822. The Balaban J connectivity index is 2.31. The number of rotatable bonds is 4. The number of anilines is 1. The fourth-order valence-corrected chi connectivity index (χ4v) is 3.72. The molecule has 0 aliphatic carbocycles. The second-order valence-corrected chi connectivity index (χ2v) is 6.22. The van der Waals surface area contributed by atoms with Gasteiger partial charge in [0, 0.05) is 26.4 Å². The topological polar surface area (TPSA) is 97.5 Å². The number of hydrogen-bond acceptors (Lipinski definition) is 6. The van der Waals surface area contributed by atoms with E-state index in [1.54, 1.807) is 19.2 Å². The Kier molecular flexibility index (Phi) is 4.35. The summed E-state index contributed by atoms with van der Waals surface area (Å²) < 4.78 is 31.7. The number of aromatic nitrogens is 1. The Morgan fingerprint density at radius 1 is 1.58 bits per heavy atom. The maximum absolute atomic E-state index is 12.5. The van der Waals surface area contributed by atoms with Gasteiger partial charge in [0.25, 0.3) is 10.0 Å². The normalized spacial score (nSPS) is 21.3. The van der Waals surface area contributed by atoms with Crippen LogP contribution in [0.1, 0.15) is 12.8 Å². The number of pyridine rings is 1. The fraction of sp³-hybridized carbons (Fsp3) is 0.545. The second kappa shape index (κ2) is 5.83. The lowest BCUT2D eigenvalue weighted by atomic mass is 10.1. The van der Waals surface area contributed by atoms with Gasteiger partial charge in [-0.1, -0.05) is 0 Å². The molecule has 1 saturated heterocycles. The summed E-state index contributed by atoms with van der Waals surface area (Å²) in [7, 11) is -2.06. The number of ether oxygens (including phenoxy) is 1. The van der Waals surface area contributed by atoms with Gasteiger partial charge in [0.1, 0.15) is 0 Å². The molecule has 1 unspecified atom stereocenters. The van der Waals surface area contributed by atoms with Crippen LogP contribution in [0, 0.1) is 0 Å². The number of piperidine rings is 1. The smallest absolute Gasteiger partial charge is 0.262 e. The molecule has 0 aromatic carbocycles. The van der Waals surface area contributed by atoms with Crippen molar-refractivity contribution in [3.05, 3.63) is 18.3 Å². The Morgan fingerprint density at radius 3 is 3.05 bits per heavy atom. The molecule has 1 aromatic rings. The summed E-state index contributed by atoms with van der Waals surface area (Å²) >= 11 is 0. The van der Waals surface area contributed by atoms with Gasteiger partial charge in [-0.3, -0.25) is 5.84 Å². The minimum absolute atomic E-state index is 0.0470. The highest BCUT2D eigenvalue weighted by Gasteiger charge is 2.32. The standard InChI is InChI=1S/C11H18N4O3S/c1-18-9-4-3-7-15(8-9)19(16,17)11-10(14-12)5-2-6-13-11/h2,5-6,9,14H,3-4,7-8,12H2,1H3. The molecule has 0 saturated carbocycles. The third-order valence-corrected chi connectivity index (χ3v) is 5.01. The van der Waals surface area contributed by atoms with Crippen LogP contribution in [0.3, 0.4) is 0 Å². The first-order valence-electron chi connectivity index (χ1n) is 6.04. The van der Waals surface area contributed by atoms with Crippen LogP contribution in [-0.4, -0.2) is 44.0 Å². The Morgan fingerprint density at radius 2 is 2.37 bits per heavy atom. The SMILES string of the molecule is COC1CCCN(S(=O)(=O)c2ncccc2NN)C1. The Bertz CT molecular complexity index is 534. The van der Waals surface area contributed by atoms with Crippen molar-refractivity contribution in [3.63, 3.8) is 0 Å². The first-order valence-corrected chi connectivity index (χ1v) is 7.48. The van der Waals surface area contributed by atoms with E-state index in [2.05, 4.69) is 10.4 Å². The average molecular weight is 286 g/mol. The highest BCUT2D eigenvalue weighted by Crippen LogP contribution is 2.24. The minimum Gasteiger partial charge on any atom is -0.380 e. The number of nitrogens with two attached hydrogens (primary N) is 1. The number of nitrogen functional groups attached to an aromatic ring is 1. The molecule has 1 atom stereocenters. The molecule has 1 aromatic heterocycles. The summed E-state index contributed by atoms with van der Waals surface area (Å²) in [5.41, 5.74) is 2.66. The molecule has 0 amide bonds.